The fourth-order valence-corrected chi connectivity index (χ4v) is 5.86. The Morgan fingerprint density at radius 3 is 2.43 bits per heavy atom. The molecule has 0 aromatic heterocycles. The van der Waals surface area contributed by atoms with Crippen LogP contribution in [0.25, 0.3) is 0 Å². The van der Waals surface area contributed by atoms with E-state index in [9.17, 15) is 16.8 Å². The van der Waals surface area contributed by atoms with Crippen LogP contribution in [0.4, 0.5) is 5.69 Å². The van der Waals surface area contributed by atoms with E-state index in [0.717, 1.165) is 36.1 Å². The van der Waals surface area contributed by atoms with E-state index in [-0.39, 0.29) is 14.8 Å². The highest BCUT2D eigenvalue weighted by Gasteiger charge is 2.28. The molecule has 3 N–H and O–H groups in total. The highest BCUT2D eigenvalue weighted by Crippen LogP contribution is 2.37. The summed E-state index contributed by atoms with van der Waals surface area (Å²) < 4.78 is 57.4. The second-order valence-corrected chi connectivity index (χ2v) is 11.0. The number of methoxy groups -OCH3 is 1. The zero-order valence-corrected chi connectivity index (χ0v) is 19.2. The lowest BCUT2D eigenvalue weighted by Gasteiger charge is -2.32. The van der Waals surface area contributed by atoms with Gasteiger partial charge in [-0.3, -0.25) is 4.72 Å². The lowest BCUT2D eigenvalue weighted by Crippen LogP contribution is -2.34. The van der Waals surface area contributed by atoms with Crippen LogP contribution in [0.5, 0.6) is 5.75 Å². The van der Waals surface area contributed by atoms with Gasteiger partial charge in [0.25, 0.3) is 10.0 Å². The van der Waals surface area contributed by atoms with Crippen LogP contribution in [0, 0.1) is 0 Å². The highest BCUT2D eigenvalue weighted by molar-refractivity contribution is 7.93. The first-order valence-corrected chi connectivity index (χ1v) is 12.5. The summed E-state index contributed by atoms with van der Waals surface area (Å²) in [5.41, 5.74) is 2.22. The van der Waals surface area contributed by atoms with Gasteiger partial charge in [0.1, 0.15) is 10.6 Å². The van der Waals surface area contributed by atoms with Crippen molar-refractivity contribution in [2.75, 3.05) is 25.9 Å². The maximum atomic E-state index is 13.0. The molecule has 0 radical (unpaired) electrons. The van der Waals surface area contributed by atoms with E-state index in [4.69, 9.17) is 21.5 Å². The molecule has 2 aromatic carbocycles. The Hall–Kier alpha value is -1.85. The molecule has 1 atom stereocenters. The van der Waals surface area contributed by atoms with Gasteiger partial charge in [0.15, 0.2) is 0 Å². The number of nitrogens with one attached hydrogen (secondary N) is 1. The standard InChI is InChI=1S/C19H24ClN3O5S2/c1-23(2)12-4-6-14-15(10-12)18(28-3)9-8-17(14)22-30(26,27)19-11-13(29(21,24)25)5-7-16(19)20/h5,7-9,11-12,22H,4,6,10H2,1-3H3,(H2,21,24,25)/t12-/m0/s1. The zero-order valence-electron chi connectivity index (χ0n) is 16.8. The molecule has 2 aromatic rings. The Balaban J connectivity index is 2.04. The van der Waals surface area contributed by atoms with Crippen LogP contribution in [-0.4, -0.2) is 49.0 Å². The van der Waals surface area contributed by atoms with Crippen molar-refractivity contribution in [1.29, 1.82) is 0 Å². The van der Waals surface area contributed by atoms with Crippen LogP contribution in [0.2, 0.25) is 5.02 Å². The molecule has 0 fully saturated rings. The first-order valence-electron chi connectivity index (χ1n) is 9.14. The zero-order chi connectivity index (χ0) is 22.3. The van der Waals surface area contributed by atoms with Gasteiger partial charge in [0, 0.05) is 11.6 Å². The molecule has 0 unspecified atom stereocenters. The summed E-state index contributed by atoms with van der Waals surface area (Å²) >= 11 is 6.06. The van der Waals surface area contributed by atoms with Gasteiger partial charge in [0.2, 0.25) is 10.0 Å². The molecule has 0 saturated heterocycles. The number of nitrogens with zero attached hydrogens (tertiary/aromatic N) is 1. The smallest absolute Gasteiger partial charge is 0.263 e. The molecule has 0 spiro atoms. The quantitative estimate of drug-likeness (QED) is 0.663. The van der Waals surface area contributed by atoms with Crippen LogP contribution in [0.1, 0.15) is 17.5 Å². The van der Waals surface area contributed by atoms with Gasteiger partial charge < -0.3 is 9.64 Å². The van der Waals surface area contributed by atoms with Gasteiger partial charge >= 0.3 is 0 Å². The SMILES string of the molecule is COc1ccc(NS(=O)(=O)c2cc(S(N)(=O)=O)ccc2Cl)c2c1C[C@@H](N(C)C)CC2. The molecule has 164 valence electrons. The van der Waals surface area contributed by atoms with E-state index < -0.39 is 20.0 Å². The van der Waals surface area contributed by atoms with Gasteiger partial charge in [-0.2, -0.15) is 0 Å². The molecule has 3 rings (SSSR count). The predicted octanol–water partition coefficient (Wildman–Crippen LogP) is 2.22. The van der Waals surface area contributed by atoms with Crippen LogP contribution >= 0.6 is 11.6 Å². The van der Waals surface area contributed by atoms with Crippen LogP contribution in [0.3, 0.4) is 0 Å². The second kappa shape index (κ2) is 8.35. The van der Waals surface area contributed by atoms with Crippen LogP contribution in [0.15, 0.2) is 40.1 Å². The number of sulfonamides is 2. The Labute approximate surface area is 182 Å². The van der Waals surface area contributed by atoms with Crippen molar-refractivity contribution in [2.45, 2.75) is 35.1 Å². The van der Waals surface area contributed by atoms with Gasteiger partial charge in [-0.25, -0.2) is 22.0 Å². The van der Waals surface area contributed by atoms with Gasteiger partial charge in [-0.05, 0) is 69.3 Å². The number of primary sulfonamides is 1. The number of nitrogens with two attached hydrogens (primary N) is 1. The number of halogens is 1. The molecule has 1 aliphatic carbocycles. The minimum absolute atomic E-state index is 0.107. The molecule has 0 amide bonds. The maximum absolute atomic E-state index is 13.0. The summed E-state index contributed by atoms with van der Waals surface area (Å²) in [4.78, 5) is 1.44. The van der Waals surface area contributed by atoms with Crippen LogP contribution < -0.4 is 14.6 Å². The number of hydrogen-bond donors (Lipinski definition) is 2. The largest absolute Gasteiger partial charge is 0.496 e. The van der Waals surface area contributed by atoms with Gasteiger partial charge in [-0.15, -0.1) is 0 Å². The molecule has 8 nitrogen and oxygen atoms in total. The third-order valence-electron chi connectivity index (χ3n) is 5.27. The average Bonchev–Trinajstić information content (AvgIpc) is 2.66. The Kier molecular flexibility index (Phi) is 6.35. The average molecular weight is 474 g/mol. The van der Waals surface area contributed by atoms with E-state index in [0.29, 0.717) is 23.9 Å². The summed E-state index contributed by atoms with van der Waals surface area (Å²) in [6.07, 6.45) is 2.25. The molecular weight excluding hydrogens is 450 g/mol. The van der Waals surface area contributed by atoms with E-state index >= 15 is 0 Å². The second-order valence-electron chi connectivity index (χ2n) is 7.38. The first kappa shape index (κ1) is 22.8. The van der Waals surface area contributed by atoms with Gasteiger partial charge in [-0.1, -0.05) is 11.6 Å². The Bertz CT molecular complexity index is 1180. The molecule has 1 aliphatic rings. The van der Waals surface area contributed by atoms with Crippen molar-refractivity contribution in [1.82, 2.24) is 4.90 Å². The predicted molar refractivity (Wildman–Crippen MR) is 116 cm³/mol. The molecular formula is C19H24ClN3O5S2. The fourth-order valence-electron chi connectivity index (χ4n) is 3.62. The van der Waals surface area contributed by atoms with Crippen molar-refractivity contribution in [2.24, 2.45) is 5.14 Å². The third-order valence-corrected chi connectivity index (χ3v) is 8.03. The van der Waals surface area contributed by atoms with Crippen molar-refractivity contribution >= 4 is 37.3 Å². The van der Waals surface area contributed by atoms with E-state index in [1.165, 1.54) is 6.07 Å². The van der Waals surface area contributed by atoms with Crippen molar-refractivity contribution < 1.29 is 21.6 Å². The number of likely N-dealkylation sites (N-methyl/N-ethyl adjacent to an activating group) is 1. The number of rotatable bonds is 6. The number of ether oxygens (including phenoxy) is 1. The molecule has 0 bridgehead atoms. The Morgan fingerprint density at radius 1 is 1.13 bits per heavy atom. The topological polar surface area (TPSA) is 119 Å². The molecule has 0 saturated carbocycles. The lowest BCUT2D eigenvalue weighted by molar-refractivity contribution is 0.265. The van der Waals surface area contributed by atoms with E-state index in [2.05, 4.69) is 9.62 Å². The summed E-state index contributed by atoms with van der Waals surface area (Å²) in [6.45, 7) is 0. The third kappa shape index (κ3) is 4.57. The summed E-state index contributed by atoms with van der Waals surface area (Å²) in [6, 6.07) is 6.99. The molecule has 30 heavy (non-hydrogen) atoms. The van der Waals surface area contributed by atoms with Gasteiger partial charge in [0.05, 0.1) is 22.7 Å². The number of benzene rings is 2. The van der Waals surface area contributed by atoms with Crippen LogP contribution in [-0.2, 0) is 32.9 Å². The number of fused-ring (bicyclic) bond motifs is 1. The van der Waals surface area contributed by atoms with E-state index in [1.807, 2.05) is 14.1 Å². The molecule has 0 heterocycles. The summed E-state index contributed by atoms with van der Waals surface area (Å²) in [5, 5.41) is 5.02. The number of hydrogen-bond acceptors (Lipinski definition) is 6. The van der Waals surface area contributed by atoms with E-state index in [1.54, 1.807) is 19.2 Å². The normalized spacial score (nSPS) is 16.9. The molecule has 0 aliphatic heterocycles. The lowest BCUT2D eigenvalue weighted by atomic mass is 9.86. The minimum Gasteiger partial charge on any atom is -0.496 e. The number of anilines is 1. The fraction of sp³-hybridized carbons (Fsp3) is 0.368. The maximum Gasteiger partial charge on any atom is 0.263 e. The van der Waals surface area contributed by atoms with Crippen molar-refractivity contribution in [3.05, 3.63) is 46.5 Å². The summed E-state index contributed by atoms with van der Waals surface area (Å²) in [7, 11) is -2.65. The Morgan fingerprint density at radius 2 is 1.83 bits per heavy atom. The summed E-state index contributed by atoms with van der Waals surface area (Å²) in [5.74, 6) is 0.703. The monoisotopic (exact) mass is 473 g/mol. The van der Waals surface area contributed by atoms with Crippen molar-refractivity contribution in [3.8, 4) is 5.75 Å². The van der Waals surface area contributed by atoms with Crippen molar-refractivity contribution in [3.63, 3.8) is 0 Å². The first-order chi connectivity index (χ1) is 13.9. The highest BCUT2D eigenvalue weighted by atomic mass is 35.5. The molecule has 11 heteroatoms. The minimum atomic E-state index is -4.16.